The second-order valence-corrected chi connectivity index (χ2v) is 7.14. The molecule has 0 unspecified atom stereocenters. The van der Waals surface area contributed by atoms with Crippen LogP contribution in [-0.4, -0.2) is 37.4 Å². The number of thiocarbonyl (C=S) groups is 1. The lowest BCUT2D eigenvalue weighted by molar-refractivity contribution is 0.317. The van der Waals surface area contributed by atoms with Crippen LogP contribution in [0.1, 0.15) is 18.9 Å². The summed E-state index contributed by atoms with van der Waals surface area (Å²) in [7, 11) is -3.68. The Labute approximate surface area is 136 Å². The molecule has 0 bridgehead atoms. The van der Waals surface area contributed by atoms with Gasteiger partial charge in [-0.15, -0.1) is 0 Å². The summed E-state index contributed by atoms with van der Waals surface area (Å²) >= 11 is 4.73. The molecule has 0 heterocycles. The van der Waals surface area contributed by atoms with E-state index < -0.39 is 10.0 Å². The van der Waals surface area contributed by atoms with Gasteiger partial charge in [0, 0.05) is 0 Å². The van der Waals surface area contributed by atoms with Gasteiger partial charge in [0.15, 0.2) is 0 Å². The molecule has 0 atom stereocenters. The van der Waals surface area contributed by atoms with Crippen molar-refractivity contribution in [1.82, 2.24) is 4.31 Å². The van der Waals surface area contributed by atoms with E-state index in [4.69, 9.17) is 28.0 Å². The molecule has 1 rings (SSSR count). The summed E-state index contributed by atoms with van der Waals surface area (Å²) in [5.74, 6) is 0.386. The van der Waals surface area contributed by atoms with Crippen molar-refractivity contribution in [3.8, 4) is 11.8 Å². The second kappa shape index (κ2) is 8.68. The number of hydrogen-bond acceptors (Lipinski definition) is 5. The van der Waals surface area contributed by atoms with Gasteiger partial charge in [-0.05, 0) is 24.1 Å². The Bertz CT molecular complexity index is 654. The monoisotopic (exact) mass is 341 g/mol. The van der Waals surface area contributed by atoms with Crippen LogP contribution in [0.15, 0.2) is 24.3 Å². The van der Waals surface area contributed by atoms with Crippen molar-refractivity contribution < 1.29 is 13.2 Å². The standard InChI is InChI=1S/C14H19N3O3S2/c1-2-8-20-13-5-3-4-12(9-13)11-22(18,19)17(7-6-15)10-14(16)21/h3-5,9H,2,7-8,10-11H2,1H3,(H2,16,21). The maximum absolute atomic E-state index is 12.4. The molecule has 8 heteroatoms. The van der Waals surface area contributed by atoms with Crippen LogP contribution < -0.4 is 10.5 Å². The Hall–Kier alpha value is -1.69. The number of ether oxygens (including phenoxy) is 1. The average molecular weight is 341 g/mol. The SMILES string of the molecule is CCCOc1cccc(CS(=O)(=O)N(CC#N)CC(N)=S)c1. The molecule has 2 N–H and O–H groups in total. The highest BCUT2D eigenvalue weighted by Crippen LogP contribution is 2.17. The Kier molecular flexibility index (Phi) is 7.24. The van der Waals surface area contributed by atoms with Crippen molar-refractivity contribution in [2.45, 2.75) is 19.1 Å². The number of hydrogen-bond donors (Lipinski definition) is 1. The van der Waals surface area contributed by atoms with Crippen molar-refractivity contribution in [1.29, 1.82) is 5.26 Å². The topological polar surface area (TPSA) is 96.4 Å². The van der Waals surface area contributed by atoms with Gasteiger partial charge in [0.25, 0.3) is 0 Å². The minimum atomic E-state index is -3.68. The Balaban J connectivity index is 2.90. The van der Waals surface area contributed by atoms with Crippen LogP contribution >= 0.6 is 12.2 Å². The molecule has 1 aromatic rings. The van der Waals surface area contributed by atoms with Crippen LogP contribution in [0.25, 0.3) is 0 Å². The highest BCUT2D eigenvalue weighted by atomic mass is 32.2. The van der Waals surface area contributed by atoms with Crippen LogP contribution in [-0.2, 0) is 15.8 Å². The molecule has 0 saturated carbocycles. The fourth-order valence-corrected chi connectivity index (χ4v) is 3.36. The van der Waals surface area contributed by atoms with E-state index in [0.717, 1.165) is 10.7 Å². The molecule has 0 aliphatic heterocycles. The van der Waals surface area contributed by atoms with Gasteiger partial charge in [-0.25, -0.2) is 8.42 Å². The van der Waals surface area contributed by atoms with Gasteiger partial charge >= 0.3 is 0 Å². The minimum absolute atomic E-state index is 0.0267. The highest BCUT2D eigenvalue weighted by molar-refractivity contribution is 7.88. The summed E-state index contributed by atoms with van der Waals surface area (Å²) in [6.45, 7) is 2.13. The van der Waals surface area contributed by atoms with E-state index in [2.05, 4.69) is 0 Å². The minimum Gasteiger partial charge on any atom is -0.494 e. The molecule has 0 spiro atoms. The van der Waals surface area contributed by atoms with Gasteiger partial charge in [0.05, 0.1) is 30.0 Å². The van der Waals surface area contributed by atoms with Crippen molar-refractivity contribution >= 4 is 27.2 Å². The molecule has 0 aromatic heterocycles. The zero-order valence-corrected chi connectivity index (χ0v) is 14.0. The van der Waals surface area contributed by atoms with Gasteiger partial charge in [-0.1, -0.05) is 31.3 Å². The van der Waals surface area contributed by atoms with Crippen molar-refractivity contribution in [2.24, 2.45) is 5.73 Å². The summed E-state index contributed by atoms with van der Waals surface area (Å²) in [6.07, 6.45) is 0.867. The number of rotatable bonds is 9. The zero-order chi connectivity index (χ0) is 16.6. The van der Waals surface area contributed by atoms with E-state index in [1.165, 1.54) is 0 Å². The molecular weight excluding hydrogens is 322 g/mol. The van der Waals surface area contributed by atoms with Gasteiger partial charge in [-0.3, -0.25) is 0 Å². The van der Waals surface area contributed by atoms with E-state index in [-0.39, 0.29) is 23.8 Å². The van der Waals surface area contributed by atoms with Crippen LogP contribution in [0.3, 0.4) is 0 Å². The molecule has 22 heavy (non-hydrogen) atoms. The third-order valence-corrected chi connectivity index (χ3v) is 4.57. The number of benzene rings is 1. The fourth-order valence-electron chi connectivity index (χ4n) is 1.75. The second-order valence-electron chi connectivity index (χ2n) is 4.64. The lowest BCUT2D eigenvalue weighted by Gasteiger charge is -2.18. The molecule has 0 aliphatic carbocycles. The lowest BCUT2D eigenvalue weighted by atomic mass is 10.2. The summed E-state index contributed by atoms with van der Waals surface area (Å²) in [6, 6.07) is 8.69. The first-order valence-electron chi connectivity index (χ1n) is 6.74. The first kappa shape index (κ1) is 18.4. The Morgan fingerprint density at radius 1 is 1.50 bits per heavy atom. The summed E-state index contributed by atoms with van der Waals surface area (Å²) < 4.78 is 31.2. The predicted octanol–water partition coefficient (Wildman–Crippen LogP) is 1.42. The van der Waals surface area contributed by atoms with Gasteiger partial charge in [0.2, 0.25) is 10.0 Å². The normalized spacial score (nSPS) is 11.1. The van der Waals surface area contributed by atoms with Crippen molar-refractivity contribution in [3.63, 3.8) is 0 Å². The molecule has 6 nitrogen and oxygen atoms in total. The summed E-state index contributed by atoms with van der Waals surface area (Å²) in [5, 5.41) is 8.76. The molecular formula is C14H19N3O3S2. The van der Waals surface area contributed by atoms with E-state index in [0.29, 0.717) is 17.9 Å². The van der Waals surface area contributed by atoms with E-state index >= 15 is 0 Å². The lowest BCUT2D eigenvalue weighted by Crippen LogP contribution is -2.38. The van der Waals surface area contributed by atoms with E-state index in [9.17, 15) is 8.42 Å². The predicted molar refractivity (Wildman–Crippen MR) is 88.8 cm³/mol. The number of sulfonamides is 1. The fraction of sp³-hybridized carbons (Fsp3) is 0.429. The first-order chi connectivity index (χ1) is 10.4. The number of nitrogens with two attached hydrogens (primary N) is 1. The first-order valence-corrected chi connectivity index (χ1v) is 8.75. The quantitative estimate of drug-likeness (QED) is 0.539. The van der Waals surface area contributed by atoms with E-state index in [1.807, 2.05) is 13.0 Å². The molecule has 0 radical (unpaired) electrons. The third-order valence-electron chi connectivity index (χ3n) is 2.69. The molecule has 0 fully saturated rings. The maximum atomic E-state index is 12.4. The third kappa shape index (κ3) is 5.97. The van der Waals surface area contributed by atoms with Crippen LogP contribution in [0.5, 0.6) is 5.75 Å². The summed E-state index contributed by atoms with van der Waals surface area (Å²) in [5.41, 5.74) is 5.97. The zero-order valence-electron chi connectivity index (χ0n) is 12.4. The number of nitriles is 1. The smallest absolute Gasteiger partial charge is 0.219 e. The Morgan fingerprint density at radius 3 is 2.82 bits per heavy atom. The summed E-state index contributed by atoms with van der Waals surface area (Å²) in [4.78, 5) is 0.0267. The molecule has 1 aromatic carbocycles. The molecule has 0 aliphatic rings. The van der Waals surface area contributed by atoms with Gasteiger partial charge in [-0.2, -0.15) is 9.57 Å². The van der Waals surface area contributed by atoms with Crippen LogP contribution in [0, 0.1) is 11.3 Å². The Morgan fingerprint density at radius 2 is 2.23 bits per heavy atom. The van der Waals surface area contributed by atoms with Gasteiger partial charge < -0.3 is 10.5 Å². The number of nitrogens with zero attached hydrogens (tertiary/aromatic N) is 2. The average Bonchev–Trinajstić information content (AvgIpc) is 2.44. The molecule has 0 saturated heterocycles. The molecule has 0 amide bonds. The van der Waals surface area contributed by atoms with Gasteiger partial charge in [0.1, 0.15) is 12.3 Å². The van der Waals surface area contributed by atoms with Crippen LogP contribution in [0.4, 0.5) is 0 Å². The van der Waals surface area contributed by atoms with Crippen molar-refractivity contribution in [2.75, 3.05) is 19.7 Å². The van der Waals surface area contributed by atoms with E-state index in [1.54, 1.807) is 24.3 Å². The maximum Gasteiger partial charge on any atom is 0.219 e. The largest absolute Gasteiger partial charge is 0.494 e. The van der Waals surface area contributed by atoms with Crippen molar-refractivity contribution in [3.05, 3.63) is 29.8 Å². The molecule has 120 valence electrons. The van der Waals surface area contributed by atoms with Crippen LogP contribution in [0.2, 0.25) is 0 Å². The highest BCUT2D eigenvalue weighted by Gasteiger charge is 2.23.